The summed E-state index contributed by atoms with van der Waals surface area (Å²) in [6.07, 6.45) is 0. The maximum atomic E-state index is 6.28. The Kier molecular flexibility index (Phi) is 6.76. The van der Waals surface area contributed by atoms with Crippen molar-refractivity contribution >= 4 is 71.6 Å². The molecule has 2 aromatic heterocycles. The van der Waals surface area contributed by atoms with Gasteiger partial charge in [0.15, 0.2) is 0 Å². The third kappa shape index (κ3) is 4.39. The third-order valence-corrected chi connectivity index (χ3v) is 13.8. The molecule has 0 saturated heterocycles. The van der Waals surface area contributed by atoms with Gasteiger partial charge in [0.1, 0.15) is 11.2 Å². The van der Waals surface area contributed by atoms with E-state index in [-0.39, 0.29) is 0 Å². The Morgan fingerprint density at radius 1 is 0.355 bits per heavy atom. The quantitative estimate of drug-likeness (QED) is 0.177. The molecule has 1 spiro atoms. The number of hydrogen-bond acceptors (Lipinski definition) is 2. The van der Waals surface area contributed by atoms with Crippen molar-refractivity contribution in [2.75, 3.05) is 4.90 Å². The molecule has 0 amide bonds. The third-order valence-electron chi connectivity index (χ3n) is 13.8. The van der Waals surface area contributed by atoms with E-state index >= 15 is 0 Å². The van der Waals surface area contributed by atoms with Gasteiger partial charge in [0.25, 0.3) is 0 Å². The zero-order valence-electron chi connectivity index (χ0n) is 33.6. The van der Waals surface area contributed by atoms with Crippen LogP contribution in [0.1, 0.15) is 22.3 Å². The zero-order chi connectivity index (χ0) is 40.5. The van der Waals surface area contributed by atoms with E-state index in [4.69, 9.17) is 4.42 Å². The highest BCUT2D eigenvalue weighted by atomic mass is 16.3. The first kappa shape index (κ1) is 33.7. The molecule has 3 heteroatoms. The Bertz CT molecular complexity index is 3780. The van der Waals surface area contributed by atoms with Crippen LogP contribution in [-0.2, 0) is 5.41 Å². The van der Waals surface area contributed by atoms with Crippen LogP contribution >= 0.6 is 0 Å². The number of para-hydroxylation sites is 3. The Morgan fingerprint density at radius 2 is 0.968 bits per heavy atom. The lowest BCUT2D eigenvalue weighted by atomic mass is 9.61. The summed E-state index contributed by atoms with van der Waals surface area (Å²) in [5.74, 6) is 0. The number of anilines is 3. The molecule has 0 radical (unpaired) electrons. The van der Waals surface area contributed by atoms with Crippen molar-refractivity contribution < 1.29 is 4.42 Å². The van der Waals surface area contributed by atoms with Crippen molar-refractivity contribution in [3.8, 4) is 27.9 Å². The monoisotopic (exact) mass is 788 g/mol. The van der Waals surface area contributed by atoms with Crippen molar-refractivity contribution in [2.24, 2.45) is 0 Å². The van der Waals surface area contributed by atoms with E-state index in [1.807, 2.05) is 12.1 Å². The van der Waals surface area contributed by atoms with Crippen molar-refractivity contribution in [1.82, 2.24) is 4.57 Å². The molecule has 0 fully saturated rings. The number of rotatable bonds is 4. The van der Waals surface area contributed by atoms with Crippen LogP contribution in [0.3, 0.4) is 0 Å². The second-order valence-electron chi connectivity index (χ2n) is 16.8. The van der Waals surface area contributed by atoms with E-state index < -0.39 is 5.41 Å². The van der Waals surface area contributed by atoms with Gasteiger partial charge in [0, 0.05) is 44.3 Å². The predicted molar refractivity (Wildman–Crippen MR) is 257 cm³/mol. The normalized spacial score (nSPS) is 13.3. The van der Waals surface area contributed by atoms with Crippen LogP contribution in [0.25, 0.3) is 82.5 Å². The highest BCUT2D eigenvalue weighted by molar-refractivity contribution is 6.12. The first-order chi connectivity index (χ1) is 30.8. The fourth-order valence-corrected chi connectivity index (χ4v) is 11.3. The van der Waals surface area contributed by atoms with Crippen molar-refractivity contribution in [3.63, 3.8) is 0 Å². The van der Waals surface area contributed by atoms with Gasteiger partial charge in [-0.05, 0) is 122 Å². The summed E-state index contributed by atoms with van der Waals surface area (Å²) in [5, 5.41) is 7.27. The molecular formula is C59H36N2O. The number of fused-ring (bicyclic) bond motifs is 15. The summed E-state index contributed by atoms with van der Waals surface area (Å²) in [6.45, 7) is 0. The number of furan rings is 1. The highest BCUT2D eigenvalue weighted by Gasteiger charge is 2.50. The summed E-state index contributed by atoms with van der Waals surface area (Å²) in [7, 11) is 0. The smallest absolute Gasteiger partial charge is 0.135 e. The Balaban J connectivity index is 1.04. The number of hydrogen-bond donors (Lipinski definition) is 0. The second kappa shape index (κ2) is 12.4. The highest BCUT2D eigenvalue weighted by Crippen LogP contribution is 2.62. The minimum atomic E-state index is -0.513. The van der Waals surface area contributed by atoms with Crippen LogP contribution in [0.5, 0.6) is 0 Å². The van der Waals surface area contributed by atoms with Crippen LogP contribution < -0.4 is 4.90 Å². The van der Waals surface area contributed by atoms with Crippen molar-refractivity contribution in [2.45, 2.75) is 5.41 Å². The van der Waals surface area contributed by atoms with Crippen molar-refractivity contribution in [3.05, 3.63) is 241 Å². The Labute approximate surface area is 358 Å². The van der Waals surface area contributed by atoms with E-state index in [1.54, 1.807) is 0 Å². The summed E-state index contributed by atoms with van der Waals surface area (Å²) >= 11 is 0. The molecule has 0 unspecified atom stereocenters. The molecule has 10 aromatic carbocycles. The molecule has 0 aliphatic heterocycles. The average molecular weight is 789 g/mol. The fourth-order valence-electron chi connectivity index (χ4n) is 11.3. The van der Waals surface area contributed by atoms with Crippen LogP contribution in [0.2, 0.25) is 0 Å². The maximum Gasteiger partial charge on any atom is 0.135 e. The average Bonchev–Trinajstić information content (AvgIpc) is 3.97. The molecule has 288 valence electrons. The fraction of sp³-hybridized carbons (Fsp3) is 0.0169. The number of nitrogens with zero attached hydrogens (tertiary/aromatic N) is 2. The van der Waals surface area contributed by atoms with E-state index in [1.165, 1.54) is 71.6 Å². The molecule has 62 heavy (non-hydrogen) atoms. The molecule has 3 nitrogen and oxygen atoms in total. The van der Waals surface area contributed by atoms with Gasteiger partial charge < -0.3 is 13.9 Å². The van der Waals surface area contributed by atoms with Crippen LogP contribution in [0.15, 0.2) is 223 Å². The minimum absolute atomic E-state index is 0.513. The standard InChI is InChI=1S/C59H36N2O/c1-2-16-38(17-3-1)60(41-29-32-46-45-20-6-10-26-54(45)61(55(46)36-41)39-30-33-57-49(34-39)47-21-7-11-27-56(47)62-57)40-28-31-44-48-22-12-14-37-15-13-25-52(58(37)48)59(53(44)35-40)50-23-8-4-18-42(50)43-19-5-9-24-51(43)59/h1-36H. The molecule has 0 bridgehead atoms. The van der Waals surface area contributed by atoms with Crippen LogP contribution in [-0.4, -0.2) is 4.57 Å². The maximum absolute atomic E-state index is 6.28. The lowest BCUT2D eigenvalue weighted by Gasteiger charge is -2.40. The molecule has 0 saturated carbocycles. The largest absolute Gasteiger partial charge is 0.456 e. The summed E-state index contributed by atoms with van der Waals surface area (Å²) in [5.41, 5.74) is 18.5. The first-order valence-corrected chi connectivity index (χ1v) is 21.4. The molecule has 0 N–H and O–H groups in total. The summed E-state index contributed by atoms with van der Waals surface area (Å²) in [4.78, 5) is 2.44. The number of aromatic nitrogens is 1. The molecule has 0 atom stereocenters. The van der Waals surface area contributed by atoms with Gasteiger partial charge in [-0.15, -0.1) is 0 Å². The summed E-state index contributed by atoms with van der Waals surface area (Å²) in [6, 6.07) is 80.6. The predicted octanol–water partition coefficient (Wildman–Crippen LogP) is 15.6. The Morgan fingerprint density at radius 3 is 1.81 bits per heavy atom. The van der Waals surface area contributed by atoms with Gasteiger partial charge in [-0.1, -0.05) is 152 Å². The zero-order valence-corrected chi connectivity index (χ0v) is 33.6. The van der Waals surface area contributed by atoms with Gasteiger partial charge in [-0.2, -0.15) is 0 Å². The minimum Gasteiger partial charge on any atom is -0.456 e. The lowest BCUT2D eigenvalue weighted by molar-refractivity contribution is 0.669. The first-order valence-electron chi connectivity index (χ1n) is 21.4. The van der Waals surface area contributed by atoms with Crippen molar-refractivity contribution in [1.29, 1.82) is 0 Å². The SMILES string of the molecule is c1ccc(N(c2ccc3c(c2)C2(c4ccccc4-c4ccccc42)c2cccc4cccc-3c24)c2ccc3c4ccccc4n(-c4ccc5oc6ccccc6c5c4)c3c2)cc1. The van der Waals surface area contributed by atoms with E-state index in [2.05, 4.69) is 216 Å². The van der Waals surface area contributed by atoms with Gasteiger partial charge in [0.05, 0.1) is 16.4 Å². The Hall–Kier alpha value is -8.14. The van der Waals surface area contributed by atoms with Gasteiger partial charge >= 0.3 is 0 Å². The molecule has 2 aliphatic carbocycles. The van der Waals surface area contributed by atoms with Gasteiger partial charge in [-0.3, -0.25) is 0 Å². The topological polar surface area (TPSA) is 21.3 Å². The molecule has 14 rings (SSSR count). The molecule has 2 aliphatic rings. The molecular weight excluding hydrogens is 753 g/mol. The summed E-state index contributed by atoms with van der Waals surface area (Å²) < 4.78 is 8.70. The van der Waals surface area contributed by atoms with Crippen LogP contribution in [0.4, 0.5) is 17.1 Å². The van der Waals surface area contributed by atoms with Crippen LogP contribution in [0, 0.1) is 0 Å². The number of benzene rings is 10. The van der Waals surface area contributed by atoms with E-state index in [0.717, 1.165) is 50.2 Å². The lowest BCUT2D eigenvalue weighted by Crippen LogP contribution is -2.32. The van der Waals surface area contributed by atoms with E-state index in [0.29, 0.717) is 0 Å². The van der Waals surface area contributed by atoms with E-state index in [9.17, 15) is 0 Å². The van der Waals surface area contributed by atoms with Gasteiger partial charge in [0.2, 0.25) is 0 Å². The molecule has 12 aromatic rings. The molecule has 2 heterocycles. The van der Waals surface area contributed by atoms with Gasteiger partial charge in [-0.25, -0.2) is 0 Å². The second-order valence-corrected chi connectivity index (χ2v) is 16.8.